The molecule has 0 saturated heterocycles. The van der Waals surface area contributed by atoms with Gasteiger partial charge in [0.15, 0.2) is 0 Å². The lowest BCUT2D eigenvalue weighted by Gasteiger charge is -2.22. The molecule has 1 heterocycles. The van der Waals surface area contributed by atoms with E-state index < -0.39 is 18.2 Å². The number of carboxylic acids is 1. The number of hydrogen-bond donors (Lipinski definition) is 3. The molecule has 134 valence electrons. The molecule has 0 spiro atoms. The van der Waals surface area contributed by atoms with Gasteiger partial charge in [0.05, 0.1) is 18.6 Å². The first-order valence-electron chi connectivity index (χ1n) is 8.37. The summed E-state index contributed by atoms with van der Waals surface area (Å²) in [6, 6.07) is 15.4. The molecule has 0 aliphatic carbocycles. The van der Waals surface area contributed by atoms with Crippen molar-refractivity contribution in [3.8, 4) is 11.5 Å². The van der Waals surface area contributed by atoms with Crippen molar-refractivity contribution < 1.29 is 24.9 Å². The Morgan fingerprint density at radius 1 is 1.00 bits per heavy atom. The molecule has 3 rings (SSSR count). The van der Waals surface area contributed by atoms with Crippen LogP contribution in [0.15, 0.2) is 66.8 Å². The van der Waals surface area contributed by atoms with Crippen LogP contribution in [0.25, 0.3) is 5.57 Å². The minimum atomic E-state index is -1.09. The number of carbonyl (C=O) groups is 1. The second-order valence-corrected chi connectivity index (χ2v) is 6.11. The molecule has 2 aromatic carbocycles. The minimum absolute atomic E-state index is 0.0255. The van der Waals surface area contributed by atoms with E-state index in [4.69, 9.17) is 9.84 Å². The predicted molar refractivity (Wildman–Crippen MR) is 98.1 cm³/mol. The Hall–Kier alpha value is -2.89. The van der Waals surface area contributed by atoms with Gasteiger partial charge in [0.25, 0.3) is 0 Å². The van der Waals surface area contributed by atoms with Gasteiger partial charge in [-0.15, -0.1) is 0 Å². The van der Waals surface area contributed by atoms with Crippen molar-refractivity contribution in [2.45, 2.75) is 25.0 Å². The molecule has 0 amide bonds. The van der Waals surface area contributed by atoms with Crippen molar-refractivity contribution in [3.05, 3.63) is 77.9 Å². The number of aliphatic carboxylic acids is 1. The molecule has 1 aliphatic heterocycles. The molecule has 26 heavy (non-hydrogen) atoms. The fourth-order valence-electron chi connectivity index (χ4n) is 2.92. The van der Waals surface area contributed by atoms with Gasteiger partial charge < -0.3 is 20.1 Å². The number of para-hydroxylation sites is 2. The Balaban J connectivity index is 1.81. The van der Waals surface area contributed by atoms with E-state index in [9.17, 15) is 15.0 Å². The summed E-state index contributed by atoms with van der Waals surface area (Å²) in [7, 11) is 0. The summed E-state index contributed by atoms with van der Waals surface area (Å²) < 4.78 is 5.92. The Bertz CT molecular complexity index is 805. The van der Waals surface area contributed by atoms with Crippen molar-refractivity contribution in [3.63, 3.8) is 0 Å². The number of benzene rings is 2. The topological polar surface area (TPSA) is 87.0 Å². The number of fused-ring (bicyclic) bond motifs is 2. The largest absolute Gasteiger partial charge is 0.481 e. The second kappa shape index (κ2) is 7.99. The van der Waals surface area contributed by atoms with Crippen LogP contribution in [-0.4, -0.2) is 33.5 Å². The van der Waals surface area contributed by atoms with Crippen LogP contribution in [0.5, 0.6) is 11.5 Å². The van der Waals surface area contributed by atoms with E-state index in [-0.39, 0.29) is 12.8 Å². The average molecular weight is 352 g/mol. The summed E-state index contributed by atoms with van der Waals surface area (Å²) >= 11 is 0. The maximum atomic E-state index is 10.6. The number of aliphatic hydroxyl groups excluding tert-OH is 2. The van der Waals surface area contributed by atoms with Crippen LogP contribution in [0.2, 0.25) is 0 Å². The fraction of sp³-hybridized carbons (Fsp3) is 0.190. The van der Waals surface area contributed by atoms with Crippen molar-refractivity contribution in [1.82, 2.24) is 0 Å². The summed E-state index contributed by atoms with van der Waals surface area (Å²) in [6.07, 6.45) is 2.72. The molecular weight excluding hydrogens is 332 g/mol. The SMILES string of the molecule is O=C(O)C[C@H](O)C[C@H](O)/C=C/C=C1c2ccccc2Oc2ccccc21. The smallest absolute Gasteiger partial charge is 0.305 e. The molecule has 5 heteroatoms. The minimum Gasteiger partial charge on any atom is -0.481 e. The van der Waals surface area contributed by atoms with Crippen LogP contribution >= 0.6 is 0 Å². The van der Waals surface area contributed by atoms with Gasteiger partial charge in [0.1, 0.15) is 11.5 Å². The van der Waals surface area contributed by atoms with Crippen LogP contribution in [0, 0.1) is 0 Å². The van der Waals surface area contributed by atoms with Crippen LogP contribution in [0.3, 0.4) is 0 Å². The molecule has 0 unspecified atom stereocenters. The summed E-state index contributed by atoms with van der Waals surface area (Å²) in [5.74, 6) is 0.442. The van der Waals surface area contributed by atoms with Gasteiger partial charge in [-0.2, -0.15) is 0 Å². The van der Waals surface area contributed by atoms with Crippen molar-refractivity contribution in [2.24, 2.45) is 0 Å². The highest BCUT2D eigenvalue weighted by atomic mass is 16.5. The number of allylic oxidation sites excluding steroid dienone is 2. The third-order valence-corrected chi connectivity index (χ3v) is 4.09. The van der Waals surface area contributed by atoms with Gasteiger partial charge in [0, 0.05) is 17.5 Å². The van der Waals surface area contributed by atoms with Crippen LogP contribution in [0.4, 0.5) is 0 Å². The average Bonchev–Trinajstić information content (AvgIpc) is 2.60. The van der Waals surface area contributed by atoms with E-state index in [1.807, 2.05) is 54.6 Å². The van der Waals surface area contributed by atoms with Crippen LogP contribution < -0.4 is 4.74 Å². The molecule has 2 atom stereocenters. The van der Waals surface area contributed by atoms with Gasteiger partial charge in [-0.25, -0.2) is 0 Å². The third kappa shape index (κ3) is 4.20. The molecule has 1 aliphatic rings. The van der Waals surface area contributed by atoms with E-state index in [1.165, 1.54) is 0 Å². The van der Waals surface area contributed by atoms with Crippen molar-refractivity contribution >= 4 is 11.5 Å². The summed E-state index contributed by atoms with van der Waals surface area (Å²) in [6.45, 7) is 0. The first-order chi connectivity index (χ1) is 12.5. The number of aliphatic hydroxyl groups is 2. The van der Waals surface area contributed by atoms with Gasteiger partial charge in [-0.1, -0.05) is 54.6 Å². The Kier molecular flexibility index (Phi) is 5.51. The molecule has 0 saturated carbocycles. The lowest BCUT2D eigenvalue weighted by atomic mass is 9.93. The van der Waals surface area contributed by atoms with Crippen LogP contribution in [-0.2, 0) is 4.79 Å². The van der Waals surface area contributed by atoms with E-state index in [2.05, 4.69) is 0 Å². The summed E-state index contributed by atoms with van der Waals surface area (Å²) in [4.78, 5) is 10.6. The molecular formula is C21H20O5. The highest BCUT2D eigenvalue weighted by Gasteiger charge is 2.20. The molecule has 2 aromatic rings. The molecule has 5 nitrogen and oxygen atoms in total. The number of ether oxygens (including phenoxy) is 1. The molecule has 0 bridgehead atoms. The van der Waals surface area contributed by atoms with Gasteiger partial charge in [-0.05, 0) is 17.7 Å². The lowest BCUT2D eigenvalue weighted by Crippen LogP contribution is -2.19. The number of carboxylic acid groups (broad SMARTS) is 1. The van der Waals surface area contributed by atoms with Gasteiger partial charge >= 0.3 is 5.97 Å². The molecule has 0 fully saturated rings. The first kappa shape index (κ1) is 17.9. The zero-order valence-electron chi connectivity index (χ0n) is 14.1. The standard InChI is InChI=1S/C21H20O5/c22-14(12-15(23)13-21(24)25)6-5-9-16-17-7-1-3-10-19(17)26-20-11-4-2-8-18(16)20/h1-11,14-15,22-23H,12-13H2,(H,24,25)/b6-5+/t14-,15-/m1/s1. The van der Waals surface area contributed by atoms with Crippen molar-refractivity contribution in [1.29, 1.82) is 0 Å². The highest BCUT2D eigenvalue weighted by Crippen LogP contribution is 2.43. The normalized spacial score (nSPS) is 14.9. The Morgan fingerprint density at radius 3 is 2.15 bits per heavy atom. The van der Waals surface area contributed by atoms with Gasteiger partial charge in [0.2, 0.25) is 0 Å². The monoisotopic (exact) mass is 352 g/mol. The number of rotatable bonds is 6. The quantitative estimate of drug-likeness (QED) is 0.633. The van der Waals surface area contributed by atoms with E-state index in [0.29, 0.717) is 0 Å². The lowest BCUT2D eigenvalue weighted by molar-refractivity contribution is -0.139. The number of hydrogen-bond acceptors (Lipinski definition) is 4. The first-order valence-corrected chi connectivity index (χ1v) is 8.37. The summed E-state index contributed by atoms with van der Waals surface area (Å²) in [5, 5.41) is 28.2. The fourth-order valence-corrected chi connectivity index (χ4v) is 2.92. The highest BCUT2D eigenvalue weighted by molar-refractivity contribution is 5.88. The zero-order valence-corrected chi connectivity index (χ0v) is 14.1. The predicted octanol–water partition coefficient (Wildman–Crippen LogP) is 3.37. The van der Waals surface area contributed by atoms with E-state index >= 15 is 0 Å². The second-order valence-electron chi connectivity index (χ2n) is 6.11. The summed E-state index contributed by atoms with van der Waals surface area (Å²) in [5.41, 5.74) is 2.88. The maximum absolute atomic E-state index is 10.6. The Morgan fingerprint density at radius 2 is 1.58 bits per heavy atom. The van der Waals surface area contributed by atoms with Crippen molar-refractivity contribution in [2.75, 3.05) is 0 Å². The maximum Gasteiger partial charge on any atom is 0.305 e. The van der Waals surface area contributed by atoms with E-state index in [1.54, 1.807) is 12.2 Å². The molecule has 0 radical (unpaired) electrons. The van der Waals surface area contributed by atoms with Crippen LogP contribution in [0.1, 0.15) is 24.0 Å². The zero-order chi connectivity index (χ0) is 18.5. The Labute approximate surface area is 151 Å². The molecule has 3 N–H and O–H groups in total. The van der Waals surface area contributed by atoms with Gasteiger partial charge in [-0.3, -0.25) is 4.79 Å². The van der Waals surface area contributed by atoms with E-state index in [0.717, 1.165) is 28.2 Å². The third-order valence-electron chi connectivity index (χ3n) is 4.09. The molecule has 0 aromatic heterocycles.